The number of terminal acetylenes is 1. The highest BCUT2D eigenvalue weighted by Crippen LogP contribution is 2.37. The number of carbonyl (C=O) groups is 2. The van der Waals surface area contributed by atoms with Crippen LogP contribution in [-0.2, 0) is 0 Å². The van der Waals surface area contributed by atoms with E-state index in [1.54, 1.807) is 30.3 Å². The van der Waals surface area contributed by atoms with Crippen LogP contribution in [0.5, 0.6) is 5.75 Å². The maximum absolute atomic E-state index is 11.0. The lowest BCUT2D eigenvalue weighted by molar-refractivity contribution is 0.111. The summed E-state index contributed by atoms with van der Waals surface area (Å²) in [5.41, 5.74) is 10.3. The van der Waals surface area contributed by atoms with Crippen LogP contribution in [0.1, 0.15) is 40.6 Å². The van der Waals surface area contributed by atoms with Gasteiger partial charge in [0.1, 0.15) is 29.7 Å². The van der Waals surface area contributed by atoms with Gasteiger partial charge in [-0.05, 0) is 144 Å². The van der Waals surface area contributed by atoms with E-state index < -0.39 is 0 Å². The second-order valence-corrected chi connectivity index (χ2v) is 15.0. The Morgan fingerprint density at radius 3 is 1.34 bits per heavy atom. The number of para-hydroxylation sites is 4. The van der Waals surface area contributed by atoms with E-state index >= 15 is 0 Å². The van der Waals surface area contributed by atoms with E-state index in [1.165, 1.54) is 13.0 Å². The first-order valence-electron chi connectivity index (χ1n) is 20.1. The molecule has 0 atom stereocenters. The number of aromatic hydroxyl groups is 1. The molecule has 0 radical (unpaired) electrons. The lowest BCUT2D eigenvalue weighted by atomic mass is 10.1. The van der Waals surface area contributed by atoms with Crippen molar-refractivity contribution < 1.29 is 19.1 Å². The zero-order valence-electron chi connectivity index (χ0n) is 34.8. The number of nitriles is 1. The first-order chi connectivity index (χ1) is 31.3. The first kappa shape index (κ1) is 47.9. The minimum absolute atomic E-state index is 0. The lowest BCUT2D eigenvalue weighted by Crippen LogP contribution is -2.09. The van der Waals surface area contributed by atoms with Crippen LogP contribution in [0.15, 0.2) is 217 Å². The van der Waals surface area contributed by atoms with E-state index in [1.807, 2.05) is 120 Å². The molecular weight excluding hydrogens is 918 g/mol. The van der Waals surface area contributed by atoms with Gasteiger partial charge in [-0.25, -0.2) is 0 Å². The molecule has 0 fully saturated rings. The molecule has 0 aliphatic carbocycles. The van der Waals surface area contributed by atoms with Crippen LogP contribution >= 0.6 is 22.6 Å². The van der Waals surface area contributed by atoms with Crippen molar-refractivity contribution in [1.29, 1.82) is 5.26 Å². The molecule has 0 aliphatic rings. The quantitative estimate of drug-likeness (QED) is 0.0874. The van der Waals surface area contributed by atoms with Gasteiger partial charge in [0.15, 0.2) is 0 Å². The predicted molar refractivity (Wildman–Crippen MR) is 275 cm³/mol. The van der Waals surface area contributed by atoms with Crippen molar-refractivity contribution >= 4 is 80.3 Å². The van der Waals surface area contributed by atoms with E-state index in [0.717, 1.165) is 66.3 Å². The summed E-state index contributed by atoms with van der Waals surface area (Å²) in [6.07, 6.45) is 6.97. The molecule has 8 aromatic carbocycles. The van der Waals surface area contributed by atoms with Crippen LogP contribution in [0.4, 0.5) is 34.1 Å². The third-order valence-corrected chi connectivity index (χ3v) is 10.5. The summed E-state index contributed by atoms with van der Waals surface area (Å²) < 4.78 is 6.75. The Kier molecular flexibility index (Phi) is 18.0. The number of aldehydes is 2. The number of rotatable bonds is 9. The molecule has 7 nitrogen and oxygen atoms in total. The Morgan fingerprint density at radius 1 is 0.554 bits per heavy atom. The summed E-state index contributed by atoms with van der Waals surface area (Å²) in [4.78, 5) is 25.6. The van der Waals surface area contributed by atoms with E-state index in [0.29, 0.717) is 23.0 Å². The fourth-order valence-corrected chi connectivity index (χ4v) is 6.89. The smallest absolute Gasteiger partial charge is 0.150 e. The average Bonchev–Trinajstić information content (AvgIpc) is 3.79. The zero-order chi connectivity index (χ0) is 45.1. The molecule has 9 aromatic rings. The minimum atomic E-state index is 0. The van der Waals surface area contributed by atoms with Gasteiger partial charge in [-0.15, -0.1) is 6.42 Å². The lowest BCUT2D eigenvalue weighted by Gasteiger charge is -2.25. The summed E-state index contributed by atoms with van der Waals surface area (Å²) >= 11 is 1.99. The zero-order valence-corrected chi connectivity index (χ0v) is 37.0. The van der Waals surface area contributed by atoms with E-state index in [4.69, 9.17) is 21.2 Å². The molecule has 0 spiro atoms. The molecule has 0 bridgehead atoms. The molecule has 0 unspecified atom stereocenters. The SMILES string of the molecule is C.C#Cc1ccc(N(c2ccccc2)c2ccccc2)cc1.CC#N.O=Cc1ccc(I)c(O)c1.O=Cc1ccc2cc(-c3ccc(N(c4ccccc4)c4ccccc4)cc3)oc2c1. The summed E-state index contributed by atoms with van der Waals surface area (Å²) in [7, 11) is 0. The highest BCUT2D eigenvalue weighted by Gasteiger charge is 2.14. The number of fused-ring (bicyclic) bond motifs is 1. The second kappa shape index (κ2) is 24.5. The monoisotopic (exact) mass is 963 g/mol. The van der Waals surface area contributed by atoms with Gasteiger partial charge in [0.05, 0.1) is 9.64 Å². The van der Waals surface area contributed by atoms with Gasteiger partial charge in [-0.1, -0.05) is 104 Å². The number of phenolic OH excluding ortho intramolecular Hbond substituents is 1. The largest absolute Gasteiger partial charge is 0.507 e. The number of benzene rings is 8. The van der Waals surface area contributed by atoms with Gasteiger partial charge in [0, 0.05) is 68.7 Å². The van der Waals surface area contributed by atoms with Gasteiger partial charge < -0.3 is 19.3 Å². The predicted octanol–water partition coefficient (Wildman–Crippen LogP) is 15.5. The van der Waals surface area contributed by atoms with Crippen molar-refractivity contribution in [2.24, 2.45) is 0 Å². The summed E-state index contributed by atoms with van der Waals surface area (Å²) in [6.45, 7) is 1.43. The van der Waals surface area contributed by atoms with Gasteiger partial charge in [-0.3, -0.25) is 9.59 Å². The number of hydrogen-bond acceptors (Lipinski definition) is 7. The molecule has 0 aliphatic heterocycles. The fourth-order valence-electron chi connectivity index (χ4n) is 6.55. The Balaban J connectivity index is 0.000000196. The Hall–Kier alpha value is -8.18. The molecule has 0 saturated heterocycles. The molecular formula is C57H46IN3O4. The molecule has 1 heterocycles. The number of carbonyl (C=O) groups excluding carboxylic acids is 2. The molecule has 0 saturated carbocycles. The topological polar surface area (TPSA) is 97.8 Å². The Labute approximate surface area is 394 Å². The van der Waals surface area contributed by atoms with Crippen LogP contribution < -0.4 is 9.80 Å². The van der Waals surface area contributed by atoms with Crippen LogP contribution in [0.3, 0.4) is 0 Å². The second-order valence-electron chi connectivity index (χ2n) is 13.8. The highest BCUT2D eigenvalue weighted by atomic mass is 127. The van der Waals surface area contributed by atoms with Crippen LogP contribution in [0.25, 0.3) is 22.3 Å². The molecule has 8 heteroatoms. The first-order valence-corrected chi connectivity index (χ1v) is 21.1. The number of nitrogens with zero attached hydrogens (tertiary/aromatic N) is 3. The van der Waals surface area contributed by atoms with Crippen molar-refractivity contribution in [3.05, 3.63) is 233 Å². The average molecular weight is 964 g/mol. The van der Waals surface area contributed by atoms with Gasteiger partial charge in [0.2, 0.25) is 0 Å². The van der Waals surface area contributed by atoms with Crippen molar-refractivity contribution in [3.8, 4) is 35.5 Å². The Morgan fingerprint density at radius 2 is 0.938 bits per heavy atom. The molecule has 0 amide bonds. The van der Waals surface area contributed by atoms with Gasteiger partial charge in [0.25, 0.3) is 0 Å². The maximum atomic E-state index is 11.0. The van der Waals surface area contributed by atoms with Crippen molar-refractivity contribution in [2.75, 3.05) is 9.80 Å². The number of hydrogen-bond donors (Lipinski definition) is 1. The molecule has 9 rings (SSSR count). The van der Waals surface area contributed by atoms with E-state index in [-0.39, 0.29) is 13.2 Å². The van der Waals surface area contributed by atoms with Crippen LogP contribution in [0, 0.1) is 27.2 Å². The summed E-state index contributed by atoms with van der Waals surface area (Å²) in [5.74, 6) is 3.59. The Bertz CT molecular complexity index is 2880. The molecule has 65 heavy (non-hydrogen) atoms. The van der Waals surface area contributed by atoms with Crippen molar-refractivity contribution in [3.63, 3.8) is 0 Å². The third-order valence-electron chi connectivity index (χ3n) is 9.55. The van der Waals surface area contributed by atoms with E-state index in [2.05, 4.69) is 101 Å². The fraction of sp³-hybridized carbons (Fsp3) is 0.0351. The number of halogens is 1. The number of furan rings is 1. The summed E-state index contributed by atoms with van der Waals surface area (Å²) in [5, 5.41) is 17.4. The van der Waals surface area contributed by atoms with Crippen LogP contribution in [-0.4, -0.2) is 17.7 Å². The van der Waals surface area contributed by atoms with Crippen molar-refractivity contribution in [1.82, 2.24) is 0 Å². The molecule has 1 aromatic heterocycles. The van der Waals surface area contributed by atoms with E-state index in [9.17, 15) is 9.59 Å². The molecule has 1 N–H and O–H groups in total. The highest BCUT2D eigenvalue weighted by molar-refractivity contribution is 14.1. The van der Waals surface area contributed by atoms with Gasteiger partial charge >= 0.3 is 0 Å². The normalized spacial score (nSPS) is 9.72. The van der Waals surface area contributed by atoms with Gasteiger partial charge in [-0.2, -0.15) is 5.26 Å². The minimum Gasteiger partial charge on any atom is -0.507 e. The number of phenols is 1. The summed E-state index contributed by atoms with van der Waals surface area (Å²) in [6, 6.07) is 71.6. The van der Waals surface area contributed by atoms with Crippen LogP contribution in [0.2, 0.25) is 0 Å². The number of anilines is 6. The molecule has 320 valence electrons. The maximum Gasteiger partial charge on any atom is 0.150 e. The third kappa shape index (κ3) is 12.9. The van der Waals surface area contributed by atoms with Crippen molar-refractivity contribution in [2.45, 2.75) is 14.4 Å². The standard InChI is InChI=1S/C27H19NO2.C20H15N.C7H5IO2.C2H3N.CH4/c29-19-20-11-12-22-18-27(30-26(22)17-20)21-13-15-25(16-14-21)28(23-7-3-1-4-8-23)24-9-5-2-6-10-24;1-2-17-13-15-20(16-14-17)21(18-9-5-3-6-10-18)19-11-7-4-8-12-19;8-6-2-1-5(4-9)3-7(6)10;1-2-3;/h1-19H;1,3-16H;1-4,10H;1H3;1H4.